The van der Waals surface area contributed by atoms with Gasteiger partial charge in [-0.3, -0.25) is 9.89 Å². The molecule has 0 N–H and O–H groups in total. The largest absolute Gasteiger partial charge is 0.298 e. The first kappa shape index (κ1) is 14.0. The maximum atomic E-state index is 9.59. The summed E-state index contributed by atoms with van der Waals surface area (Å²) in [6.07, 6.45) is 10.4. The predicted octanol–water partition coefficient (Wildman–Crippen LogP) is 3.55. The second kappa shape index (κ2) is 5.05. The van der Waals surface area contributed by atoms with Crippen LogP contribution >= 0.6 is 0 Å². The highest BCUT2D eigenvalue weighted by Gasteiger charge is 2.57. The summed E-state index contributed by atoms with van der Waals surface area (Å²) in [7, 11) is 0. The normalized spacial score (nSPS) is 44.4. The number of nitriles is 1. The van der Waals surface area contributed by atoms with Crippen LogP contribution in [-0.4, -0.2) is 29.7 Å². The highest BCUT2D eigenvalue weighted by Crippen LogP contribution is 2.55. The zero-order valence-corrected chi connectivity index (χ0v) is 13.9. The molecule has 3 heterocycles. The summed E-state index contributed by atoms with van der Waals surface area (Å²) >= 11 is 0. The third kappa shape index (κ3) is 1.82. The molecule has 1 saturated carbocycles. The van der Waals surface area contributed by atoms with Crippen molar-refractivity contribution in [3.63, 3.8) is 0 Å². The Morgan fingerprint density at radius 2 is 2.26 bits per heavy atom. The zero-order valence-electron chi connectivity index (χ0n) is 13.9. The van der Waals surface area contributed by atoms with Crippen molar-refractivity contribution in [3.8, 4) is 6.07 Å². The van der Waals surface area contributed by atoms with E-state index in [1.165, 1.54) is 43.8 Å². The molecule has 23 heavy (non-hydrogen) atoms. The van der Waals surface area contributed by atoms with Gasteiger partial charge in [-0.2, -0.15) is 5.26 Å². The minimum atomic E-state index is 0.292. The Labute approximate surface area is 138 Å². The maximum Gasteiger partial charge on any atom is 0.0658 e. The van der Waals surface area contributed by atoms with E-state index in [4.69, 9.17) is 4.99 Å². The molecule has 3 aliphatic heterocycles. The molecular formula is C20H25N3. The lowest BCUT2D eigenvalue weighted by atomic mass is 9.75. The van der Waals surface area contributed by atoms with Gasteiger partial charge >= 0.3 is 0 Å². The molecule has 0 aromatic carbocycles. The summed E-state index contributed by atoms with van der Waals surface area (Å²) in [4.78, 5) is 7.77. The number of piperidine rings is 1. The summed E-state index contributed by atoms with van der Waals surface area (Å²) in [6.45, 7) is 4.70. The molecule has 6 unspecified atom stereocenters. The van der Waals surface area contributed by atoms with E-state index < -0.39 is 0 Å². The lowest BCUT2D eigenvalue weighted by molar-refractivity contribution is 0.178. The van der Waals surface area contributed by atoms with Crippen LogP contribution in [0.4, 0.5) is 0 Å². The molecule has 5 aliphatic rings. The smallest absolute Gasteiger partial charge is 0.0658 e. The summed E-state index contributed by atoms with van der Waals surface area (Å²) in [5, 5.41) is 9.59. The van der Waals surface area contributed by atoms with Gasteiger partial charge in [-0.05, 0) is 55.1 Å². The summed E-state index contributed by atoms with van der Waals surface area (Å²) < 4.78 is 0. The number of nitrogens with zero attached hydrogens (tertiary/aromatic N) is 3. The van der Waals surface area contributed by atoms with Crippen molar-refractivity contribution >= 4 is 5.71 Å². The van der Waals surface area contributed by atoms with Crippen molar-refractivity contribution in [2.45, 2.75) is 45.1 Å². The Morgan fingerprint density at radius 1 is 1.35 bits per heavy atom. The number of rotatable bonds is 1. The van der Waals surface area contributed by atoms with Gasteiger partial charge in [-0.25, -0.2) is 0 Å². The van der Waals surface area contributed by atoms with Crippen LogP contribution in [0.15, 0.2) is 28.4 Å². The second-order valence-corrected chi connectivity index (χ2v) is 8.04. The Morgan fingerprint density at radius 3 is 3.09 bits per heavy atom. The van der Waals surface area contributed by atoms with Crippen LogP contribution in [0, 0.1) is 40.9 Å². The molecule has 0 bridgehead atoms. The number of allylic oxidation sites excluding steroid dienone is 2. The molecule has 3 fully saturated rings. The average molecular weight is 307 g/mol. The van der Waals surface area contributed by atoms with E-state index in [0.29, 0.717) is 23.8 Å². The van der Waals surface area contributed by atoms with E-state index in [1.54, 1.807) is 5.57 Å². The average Bonchev–Trinajstić information content (AvgIpc) is 3.22. The zero-order chi connectivity index (χ0) is 15.6. The lowest BCUT2D eigenvalue weighted by Crippen LogP contribution is -2.48. The Hall–Kier alpha value is -1.40. The summed E-state index contributed by atoms with van der Waals surface area (Å²) in [5.41, 5.74) is 4.35. The third-order valence-electron chi connectivity index (χ3n) is 7.27. The number of hydrogen-bond acceptors (Lipinski definition) is 3. The van der Waals surface area contributed by atoms with Gasteiger partial charge in [0.2, 0.25) is 0 Å². The van der Waals surface area contributed by atoms with Crippen molar-refractivity contribution in [2.75, 3.05) is 13.1 Å². The summed E-state index contributed by atoms with van der Waals surface area (Å²) in [6, 6.07) is 3.27. The van der Waals surface area contributed by atoms with E-state index in [9.17, 15) is 5.26 Å². The van der Waals surface area contributed by atoms with E-state index in [2.05, 4.69) is 30.0 Å². The van der Waals surface area contributed by atoms with Crippen LogP contribution in [-0.2, 0) is 0 Å². The van der Waals surface area contributed by atoms with Gasteiger partial charge < -0.3 is 0 Å². The topological polar surface area (TPSA) is 39.4 Å². The third-order valence-corrected chi connectivity index (χ3v) is 7.27. The van der Waals surface area contributed by atoms with Crippen molar-refractivity contribution in [1.82, 2.24) is 4.90 Å². The maximum absolute atomic E-state index is 9.59. The Balaban J connectivity index is 1.52. The van der Waals surface area contributed by atoms with E-state index in [0.717, 1.165) is 24.7 Å². The van der Waals surface area contributed by atoms with Gasteiger partial charge in [0.1, 0.15) is 0 Å². The molecule has 120 valence electrons. The molecule has 2 aliphatic carbocycles. The quantitative estimate of drug-likeness (QED) is 0.743. The van der Waals surface area contributed by atoms with Crippen LogP contribution in [0.25, 0.3) is 0 Å². The van der Waals surface area contributed by atoms with Crippen LogP contribution < -0.4 is 0 Å². The first-order chi connectivity index (χ1) is 11.3. The van der Waals surface area contributed by atoms with Crippen molar-refractivity contribution < 1.29 is 0 Å². The fourth-order valence-electron chi connectivity index (χ4n) is 6.41. The second-order valence-electron chi connectivity index (χ2n) is 8.04. The van der Waals surface area contributed by atoms with Gasteiger partial charge in [0.15, 0.2) is 0 Å². The minimum absolute atomic E-state index is 0.292. The molecular weight excluding hydrogens is 282 g/mol. The van der Waals surface area contributed by atoms with Gasteiger partial charge in [-0.1, -0.05) is 19.4 Å². The van der Waals surface area contributed by atoms with Crippen LogP contribution in [0.2, 0.25) is 0 Å². The molecule has 3 heteroatoms. The number of aliphatic imine (C=N–C) groups is 1. The standard InChI is InChI=1S/C20H25N3/c1-2-13-12(10-21)9-15-16(13)11-23-8-7-18-19(20(15)23)14-5-3-4-6-17(14)22-18/h4,6,12-13,15-16,19-20H,2-3,5,7-9,11H2,1H3. The highest BCUT2D eigenvalue weighted by atomic mass is 15.2. The Bertz CT molecular complexity index is 665. The minimum Gasteiger partial charge on any atom is -0.298 e. The van der Waals surface area contributed by atoms with Gasteiger partial charge in [0, 0.05) is 36.7 Å². The SMILES string of the molecule is CCC1C(C#N)CC2C1CN1CCC3=NC4=C(CCC=C4)C3C21. The van der Waals surface area contributed by atoms with Crippen molar-refractivity contribution in [3.05, 3.63) is 23.4 Å². The van der Waals surface area contributed by atoms with Crippen LogP contribution in [0.1, 0.15) is 39.0 Å². The fourth-order valence-corrected chi connectivity index (χ4v) is 6.41. The molecule has 6 atom stereocenters. The summed E-state index contributed by atoms with van der Waals surface area (Å²) in [5.74, 6) is 2.96. The van der Waals surface area contributed by atoms with Crippen LogP contribution in [0.5, 0.6) is 0 Å². The van der Waals surface area contributed by atoms with E-state index >= 15 is 0 Å². The number of fused-ring (bicyclic) bond motifs is 6. The van der Waals surface area contributed by atoms with Gasteiger partial charge in [0.05, 0.1) is 11.8 Å². The molecule has 0 spiro atoms. The van der Waals surface area contributed by atoms with Crippen molar-refractivity contribution in [2.24, 2.45) is 34.6 Å². The predicted molar refractivity (Wildman–Crippen MR) is 90.8 cm³/mol. The van der Waals surface area contributed by atoms with E-state index in [-0.39, 0.29) is 0 Å². The lowest BCUT2D eigenvalue weighted by Gasteiger charge is -2.39. The first-order valence-corrected chi connectivity index (χ1v) is 9.42. The highest BCUT2D eigenvalue weighted by molar-refractivity contribution is 5.95. The monoisotopic (exact) mass is 307 g/mol. The fraction of sp³-hybridized carbons (Fsp3) is 0.700. The van der Waals surface area contributed by atoms with Gasteiger partial charge in [-0.15, -0.1) is 0 Å². The van der Waals surface area contributed by atoms with Gasteiger partial charge in [0.25, 0.3) is 0 Å². The molecule has 3 nitrogen and oxygen atoms in total. The molecule has 5 rings (SSSR count). The molecule has 2 saturated heterocycles. The molecule has 0 aromatic rings. The molecule has 0 amide bonds. The number of hydrogen-bond donors (Lipinski definition) is 0. The van der Waals surface area contributed by atoms with Crippen molar-refractivity contribution in [1.29, 1.82) is 5.26 Å². The van der Waals surface area contributed by atoms with Crippen LogP contribution in [0.3, 0.4) is 0 Å². The first-order valence-electron chi connectivity index (χ1n) is 9.42. The van der Waals surface area contributed by atoms with E-state index in [1.807, 2.05) is 0 Å². The Kier molecular flexibility index (Phi) is 3.07. The molecule has 0 aromatic heterocycles. The molecule has 0 radical (unpaired) electrons.